The fourth-order valence-electron chi connectivity index (χ4n) is 5.35. The van der Waals surface area contributed by atoms with Gasteiger partial charge in [0.25, 0.3) is 10.0 Å². The van der Waals surface area contributed by atoms with Gasteiger partial charge in [-0.3, -0.25) is 14.6 Å². The number of carbonyl (C=O) groups excluding carboxylic acids is 1. The first-order valence-electron chi connectivity index (χ1n) is 13.5. The molecule has 1 aliphatic heterocycles. The third-order valence-corrected chi connectivity index (χ3v) is 9.08. The van der Waals surface area contributed by atoms with Crippen molar-refractivity contribution in [1.29, 1.82) is 0 Å². The highest BCUT2D eigenvalue weighted by molar-refractivity contribution is 7.93. The molecule has 42 heavy (non-hydrogen) atoms. The minimum Gasteiger partial charge on any atom is -0.495 e. The molecule has 1 aliphatic carbocycles. The molecule has 13 nitrogen and oxygen atoms in total. The second kappa shape index (κ2) is 10.1. The first-order valence-corrected chi connectivity index (χ1v) is 14.9. The largest absolute Gasteiger partial charge is 0.495 e. The minimum absolute atomic E-state index is 0.00814. The van der Waals surface area contributed by atoms with Crippen molar-refractivity contribution >= 4 is 49.9 Å². The summed E-state index contributed by atoms with van der Waals surface area (Å²) in [4.78, 5) is 14.1. The standard InChI is InChI=1S/C28H32N6O7S/c1-28(2)9-8-25(35)34(28)16-10-22(39-4)26(23(11-16)40-5)42(36,37)33-27-17-12-21(38-3)19(13-20(17)41-32-27)29-24-14-18(30-31-24)15-6-7-15/h10-15H,6-9H2,1-5H3,(H,32,33)(H2,29,30,31). The van der Waals surface area contributed by atoms with Gasteiger partial charge >= 0.3 is 0 Å². The van der Waals surface area contributed by atoms with Crippen LogP contribution in [0.3, 0.4) is 0 Å². The monoisotopic (exact) mass is 596 g/mol. The number of ether oxygens (including phenoxy) is 3. The number of hydrogen-bond donors (Lipinski definition) is 3. The number of carbonyl (C=O) groups is 1. The lowest BCUT2D eigenvalue weighted by atomic mass is 10.0. The van der Waals surface area contributed by atoms with Crippen molar-refractivity contribution in [3.05, 3.63) is 36.0 Å². The molecular weight excluding hydrogens is 564 g/mol. The van der Waals surface area contributed by atoms with E-state index in [2.05, 4.69) is 25.4 Å². The Bertz CT molecular complexity index is 1770. The van der Waals surface area contributed by atoms with Crippen LogP contribution < -0.4 is 29.1 Å². The number of aromatic amines is 1. The van der Waals surface area contributed by atoms with E-state index in [0.29, 0.717) is 52.7 Å². The summed E-state index contributed by atoms with van der Waals surface area (Å²) in [5, 5.41) is 14.9. The van der Waals surface area contributed by atoms with E-state index in [4.69, 9.17) is 18.7 Å². The van der Waals surface area contributed by atoms with Crippen molar-refractivity contribution in [1.82, 2.24) is 15.4 Å². The number of fused-ring (bicyclic) bond motifs is 1. The highest BCUT2D eigenvalue weighted by atomic mass is 32.2. The van der Waals surface area contributed by atoms with Crippen LogP contribution in [0.15, 0.2) is 39.8 Å². The number of methoxy groups -OCH3 is 3. The Morgan fingerprint density at radius 1 is 1.02 bits per heavy atom. The highest BCUT2D eigenvalue weighted by Gasteiger charge is 2.40. The van der Waals surface area contributed by atoms with Gasteiger partial charge in [0.05, 0.1) is 38.1 Å². The topological polar surface area (TPSA) is 161 Å². The van der Waals surface area contributed by atoms with Crippen molar-refractivity contribution in [2.24, 2.45) is 0 Å². The van der Waals surface area contributed by atoms with E-state index < -0.39 is 15.6 Å². The Morgan fingerprint density at radius 3 is 2.31 bits per heavy atom. The molecule has 4 aromatic rings. The lowest BCUT2D eigenvalue weighted by Crippen LogP contribution is -2.40. The predicted octanol–water partition coefficient (Wildman–Crippen LogP) is 4.90. The maximum atomic E-state index is 13.8. The second-order valence-electron chi connectivity index (χ2n) is 11.0. The lowest BCUT2D eigenvalue weighted by Gasteiger charge is -2.32. The molecule has 1 saturated heterocycles. The molecular formula is C28H32N6O7S. The quantitative estimate of drug-likeness (QED) is 0.230. The zero-order chi connectivity index (χ0) is 29.8. The van der Waals surface area contributed by atoms with Crippen molar-refractivity contribution in [2.75, 3.05) is 36.3 Å². The first kappa shape index (κ1) is 27.7. The third kappa shape index (κ3) is 4.85. The fraction of sp³-hybridized carbons (Fsp3) is 0.393. The molecule has 0 spiro atoms. The van der Waals surface area contributed by atoms with Crippen LogP contribution in [0.5, 0.6) is 17.2 Å². The van der Waals surface area contributed by atoms with Crippen LogP contribution in [-0.4, -0.2) is 56.5 Å². The van der Waals surface area contributed by atoms with Gasteiger partial charge in [0.1, 0.15) is 17.2 Å². The fourth-order valence-corrected chi connectivity index (χ4v) is 6.67. The Balaban J connectivity index is 1.33. The van der Waals surface area contributed by atoms with Crippen LogP contribution in [0.2, 0.25) is 0 Å². The molecule has 2 aromatic carbocycles. The number of hydrogen-bond acceptors (Lipinski definition) is 10. The summed E-state index contributed by atoms with van der Waals surface area (Å²) in [6.07, 6.45) is 3.35. The minimum atomic E-state index is -4.32. The molecule has 222 valence electrons. The summed E-state index contributed by atoms with van der Waals surface area (Å²) in [5.41, 5.74) is 1.99. The number of anilines is 4. The maximum Gasteiger partial charge on any atom is 0.270 e. The normalized spacial score (nSPS) is 16.6. The van der Waals surface area contributed by atoms with Gasteiger partial charge in [-0.05, 0) is 39.2 Å². The van der Waals surface area contributed by atoms with Gasteiger partial charge in [-0.15, -0.1) is 0 Å². The van der Waals surface area contributed by atoms with E-state index in [1.165, 1.54) is 33.5 Å². The second-order valence-corrected chi connectivity index (χ2v) is 12.6. The van der Waals surface area contributed by atoms with Gasteiger partial charge in [0, 0.05) is 47.8 Å². The molecule has 3 N–H and O–H groups in total. The van der Waals surface area contributed by atoms with E-state index in [9.17, 15) is 13.2 Å². The number of nitrogens with one attached hydrogen (secondary N) is 3. The van der Waals surface area contributed by atoms with Crippen LogP contribution in [0.1, 0.15) is 51.1 Å². The summed E-state index contributed by atoms with van der Waals surface area (Å²) in [7, 11) is -0.102. The molecule has 0 unspecified atom stereocenters. The average molecular weight is 597 g/mol. The van der Waals surface area contributed by atoms with Crippen LogP contribution in [0.4, 0.5) is 23.0 Å². The van der Waals surface area contributed by atoms with E-state index in [1.54, 1.807) is 17.0 Å². The van der Waals surface area contributed by atoms with Gasteiger partial charge in [-0.2, -0.15) is 5.10 Å². The Labute approximate surface area is 242 Å². The number of aromatic nitrogens is 3. The summed E-state index contributed by atoms with van der Waals surface area (Å²) < 4.78 is 52.1. The molecule has 0 atom stereocenters. The predicted molar refractivity (Wildman–Crippen MR) is 156 cm³/mol. The summed E-state index contributed by atoms with van der Waals surface area (Å²) >= 11 is 0. The number of amides is 1. The highest BCUT2D eigenvalue weighted by Crippen LogP contribution is 2.44. The molecule has 2 aromatic heterocycles. The Kier molecular flexibility index (Phi) is 6.67. The van der Waals surface area contributed by atoms with Gasteiger partial charge < -0.3 is 29.0 Å². The lowest BCUT2D eigenvalue weighted by molar-refractivity contribution is -0.117. The first-order chi connectivity index (χ1) is 20.0. The molecule has 3 heterocycles. The molecule has 6 rings (SSSR count). The van der Waals surface area contributed by atoms with Crippen molar-refractivity contribution < 1.29 is 31.9 Å². The zero-order valence-corrected chi connectivity index (χ0v) is 24.7. The van der Waals surface area contributed by atoms with Crippen LogP contribution in [0.25, 0.3) is 11.0 Å². The van der Waals surface area contributed by atoms with Gasteiger partial charge in [-0.25, -0.2) is 8.42 Å². The molecule has 14 heteroatoms. The van der Waals surface area contributed by atoms with Gasteiger partial charge in [-0.1, -0.05) is 5.16 Å². The van der Waals surface area contributed by atoms with E-state index in [0.717, 1.165) is 18.5 Å². The number of sulfonamides is 1. The smallest absolute Gasteiger partial charge is 0.270 e. The zero-order valence-electron chi connectivity index (χ0n) is 23.9. The van der Waals surface area contributed by atoms with E-state index in [1.807, 2.05) is 19.9 Å². The van der Waals surface area contributed by atoms with Gasteiger partial charge in [0.15, 0.2) is 22.1 Å². The van der Waals surface area contributed by atoms with E-state index >= 15 is 0 Å². The Morgan fingerprint density at radius 2 is 1.71 bits per heavy atom. The molecule has 2 fully saturated rings. The number of benzene rings is 2. The SMILES string of the molecule is COc1cc2c(NS(=O)(=O)c3c(OC)cc(N4C(=O)CCC4(C)C)cc3OC)noc2cc1Nc1cc(C2CC2)[nH]n1. The molecule has 1 saturated carbocycles. The van der Waals surface area contributed by atoms with Crippen LogP contribution >= 0.6 is 0 Å². The van der Waals surface area contributed by atoms with Crippen molar-refractivity contribution in [3.63, 3.8) is 0 Å². The number of nitrogens with zero attached hydrogens (tertiary/aromatic N) is 3. The Hall–Kier alpha value is -4.46. The average Bonchev–Trinajstić information content (AvgIpc) is 3.49. The third-order valence-electron chi connectivity index (χ3n) is 7.68. The van der Waals surface area contributed by atoms with Crippen LogP contribution in [0, 0.1) is 0 Å². The molecule has 1 amide bonds. The number of H-pyrrole nitrogens is 1. The van der Waals surface area contributed by atoms with Crippen LogP contribution in [-0.2, 0) is 14.8 Å². The molecule has 2 aliphatic rings. The van der Waals surface area contributed by atoms with E-state index in [-0.39, 0.29) is 28.1 Å². The summed E-state index contributed by atoms with van der Waals surface area (Å²) in [6, 6.07) is 8.28. The van der Waals surface area contributed by atoms with Gasteiger partial charge in [0.2, 0.25) is 5.91 Å². The number of rotatable bonds is 10. The molecule has 0 bridgehead atoms. The molecule has 0 radical (unpaired) electrons. The summed E-state index contributed by atoms with van der Waals surface area (Å²) in [6.45, 7) is 3.91. The van der Waals surface area contributed by atoms with Crippen molar-refractivity contribution in [3.8, 4) is 17.2 Å². The maximum absolute atomic E-state index is 13.8. The van der Waals surface area contributed by atoms with Crippen molar-refractivity contribution in [2.45, 2.75) is 55.9 Å². The summed E-state index contributed by atoms with van der Waals surface area (Å²) in [5.74, 6) is 1.48.